The SMILES string of the molecule is CC1(OC(=O)N2CCC(COc3cnc(N4CCN(S(C)(=O)=O)CC4S)cn3)CC2)CC1. The molecule has 1 atom stereocenters. The van der Waals surface area contributed by atoms with Crippen molar-refractivity contribution in [1.82, 2.24) is 19.2 Å². The lowest BCUT2D eigenvalue weighted by Crippen LogP contribution is -2.52. The summed E-state index contributed by atoms with van der Waals surface area (Å²) in [6.07, 6.45) is 7.85. The van der Waals surface area contributed by atoms with Crippen LogP contribution in [0.2, 0.25) is 0 Å². The third kappa shape index (κ3) is 5.76. The number of likely N-dealkylation sites (tertiary alicyclic amines) is 1. The molecule has 0 radical (unpaired) electrons. The maximum atomic E-state index is 12.2. The van der Waals surface area contributed by atoms with Crippen molar-refractivity contribution in [3.05, 3.63) is 12.4 Å². The minimum Gasteiger partial charge on any atom is -0.476 e. The molecule has 1 aromatic rings. The number of piperidine rings is 1. The number of ether oxygens (including phenoxy) is 2. The molecule has 0 N–H and O–H groups in total. The highest BCUT2D eigenvalue weighted by Crippen LogP contribution is 2.39. The summed E-state index contributed by atoms with van der Waals surface area (Å²) in [6.45, 7) is 5.04. The van der Waals surface area contributed by atoms with Crippen LogP contribution in [0.4, 0.5) is 10.6 Å². The Labute approximate surface area is 194 Å². The van der Waals surface area contributed by atoms with Gasteiger partial charge in [-0.1, -0.05) is 0 Å². The minimum atomic E-state index is -3.23. The molecule has 12 heteroatoms. The van der Waals surface area contributed by atoms with Crippen LogP contribution < -0.4 is 9.64 Å². The Morgan fingerprint density at radius 3 is 2.47 bits per heavy atom. The van der Waals surface area contributed by atoms with Gasteiger partial charge in [-0.25, -0.2) is 23.2 Å². The Bertz CT molecular complexity index is 917. The Balaban J connectivity index is 1.21. The van der Waals surface area contributed by atoms with Crippen LogP contribution in [-0.4, -0.2) is 90.2 Å². The third-order valence-corrected chi connectivity index (χ3v) is 8.03. The number of aromatic nitrogens is 2. The summed E-state index contributed by atoms with van der Waals surface area (Å²) in [6, 6.07) is 0. The molecule has 0 aromatic carbocycles. The summed E-state index contributed by atoms with van der Waals surface area (Å²) in [5.74, 6) is 1.44. The first-order valence-electron chi connectivity index (χ1n) is 11.0. The zero-order chi connectivity index (χ0) is 22.9. The van der Waals surface area contributed by atoms with Crippen molar-refractivity contribution < 1.29 is 22.7 Å². The van der Waals surface area contributed by atoms with E-state index in [2.05, 4.69) is 22.6 Å². The molecule has 2 aliphatic heterocycles. The number of carbonyl (C=O) groups excluding carboxylic acids is 1. The molecule has 2 saturated heterocycles. The number of amides is 1. The number of piperazine rings is 1. The standard InChI is InChI=1S/C20H31N5O5S2/c1-20(5-6-20)30-19(26)23-7-3-15(4-8-23)14-29-17-12-21-16(11-22-17)25-10-9-24(13-18(25)31)32(2,27)28/h11-12,15,18,31H,3-10,13-14H2,1-2H3. The Morgan fingerprint density at radius 2 is 1.91 bits per heavy atom. The largest absolute Gasteiger partial charge is 0.476 e. The summed E-state index contributed by atoms with van der Waals surface area (Å²) >= 11 is 4.53. The maximum Gasteiger partial charge on any atom is 0.410 e. The average Bonchev–Trinajstić information content (AvgIpc) is 3.49. The first kappa shape index (κ1) is 23.4. The lowest BCUT2D eigenvalue weighted by Gasteiger charge is -2.38. The summed E-state index contributed by atoms with van der Waals surface area (Å²) in [5, 5.41) is -0.293. The van der Waals surface area contributed by atoms with Crippen LogP contribution in [0.15, 0.2) is 12.4 Å². The molecule has 3 heterocycles. The van der Waals surface area contributed by atoms with Gasteiger partial charge in [0.1, 0.15) is 11.4 Å². The van der Waals surface area contributed by atoms with Crippen LogP contribution in [0.5, 0.6) is 5.88 Å². The van der Waals surface area contributed by atoms with Crippen molar-refractivity contribution in [2.24, 2.45) is 5.92 Å². The Hall–Kier alpha value is -1.79. The highest BCUT2D eigenvalue weighted by molar-refractivity contribution is 7.88. The summed E-state index contributed by atoms with van der Waals surface area (Å²) in [5.41, 5.74) is -0.240. The first-order valence-corrected chi connectivity index (χ1v) is 13.3. The van der Waals surface area contributed by atoms with Crippen molar-refractivity contribution in [3.8, 4) is 5.88 Å². The maximum absolute atomic E-state index is 12.2. The van der Waals surface area contributed by atoms with E-state index in [1.807, 2.05) is 11.8 Å². The van der Waals surface area contributed by atoms with Crippen molar-refractivity contribution in [2.45, 2.75) is 43.6 Å². The lowest BCUT2D eigenvalue weighted by molar-refractivity contribution is 0.0454. The summed E-state index contributed by atoms with van der Waals surface area (Å²) < 4.78 is 36.3. The second kappa shape index (κ2) is 9.22. The van der Waals surface area contributed by atoms with Crippen LogP contribution in [0, 0.1) is 5.92 Å². The van der Waals surface area contributed by atoms with Crippen molar-refractivity contribution in [1.29, 1.82) is 0 Å². The van der Waals surface area contributed by atoms with E-state index in [9.17, 15) is 13.2 Å². The van der Waals surface area contributed by atoms with Gasteiger partial charge in [0.2, 0.25) is 15.9 Å². The highest BCUT2D eigenvalue weighted by atomic mass is 32.2. The average molecular weight is 486 g/mol. The molecule has 0 spiro atoms. The van der Waals surface area contributed by atoms with Crippen LogP contribution in [-0.2, 0) is 14.8 Å². The van der Waals surface area contributed by atoms with E-state index in [1.165, 1.54) is 10.6 Å². The molecular weight excluding hydrogens is 454 g/mol. The van der Waals surface area contributed by atoms with Gasteiger partial charge in [0.25, 0.3) is 0 Å². The summed E-state index contributed by atoms with van der Waals surface area (Å²) in [4.78, 5) is 24.7. The van der Waals surface area contributed by atoms with E-state index >= 15 is 0 Å². The molecule has 1 amide bonds. The van der Waals surface area contributed by atoms with Gasteiger partial charge in [-0.2, -0.15) is 16.9 Å². The molecule has 1 aliphatic carbocycles. The van der Waals surface area contributed by atoms with E-state index in [0.717, 1.165) is 25.7 Å². The Kier molecular flexibility index (Phi) is 6.73. The molecule has 1 saturated carbocycles. The molecule has 4 rings (SSSR count). The molecule has 3 aliphatic rings. The monoisotopic (exact) mass is 485 g/mol. The number of hydrogen-bond donors (Lipinski definition) is 1. The van der Waals surface area contributed by atoms with Gasteiger partial charge in [0.05, 0.1) is 30.6 Å². The van der Waals surface area contributed by atoms with E-state index < -0.39 is 10.0 Å². The van der Waals surface area contributed by atoms with Crippen molar-refractivity contribution in [3.63, 3.8) is 0 Å². The second-order valence-electron chi connectivity index (χ2n) is 9.07. The quantitative estimate of drug-likeness (QED) is 0.606. The summed E-state index contributed by atoms with van der Waals surface area (Å²) in [7, 11) is -3.23. The van der Waals surface area contributed by atoms with Crippen LogP contribution in [0.25, 0.3) is 0 Å². The van der Waals surface area contributed by atoms with Gasteiger partial charge in [-0.15, -0.1) is 0 Å². The molecule has 178 valence electrons. The fraction of sp³-hybridized carbons (Fsp3) is 0.750. The topological polar surface area (TPSA) is 105 Å². The van der Waals surface area contributed by atoms with E-state index in [0.29, 0.717) is 56.9 Å². The van der Waals surface area contributed by atoms with Crippen molar-refractivity contribution >= 4 is 34.6 Å². The van der Waals surface area contributed by atoms with Crippen LogP contribution in [0.1, 0.15) is 32.6 Å². The highest BCUT2D eigenvalue weighted by Gasteiger charge is 2.43. The van der Waals surface area contributed by atoms with Gasteiger partial charge >= 0.3 is 6.09 Å². The minimum absolute atomic E-state index is 0.203. The third-order valence-electron chi connectivity index (χ3n) is 6.32. The first-order chi connectivity index (χ1) is 15.1. The molecule has 0 bridgehead atoms. The molecule has 10 nitrogen and oxygen atoms in total. The number of carbonyl (C=O) groups is 1. The fourth-order valence-corrected chi connectivity index (χ4v) is 5.25. The van der Waals surface area contributed by atoms with Crippen LogP contribution in [0.3, 0.4) is 0 Å². The molecule has 1 unspecified atom stereocenters. The van der Waals surface area contributed by atoms with Gasteiger partial charge < -0.3 is 19.3 Å². The molecule has 1 aromatic heterocycles. The van der Waals surface area contributed by atoms with Crippen molar-refractivity contribution in [2.75, 3.05) is 50.5 Å². The smallest absolute Gasteiger partial charge is 0.410 e. The predicted octanol–water partition coefficient (Wildman–Crippen LogP) is 1.59. The molecule has 32 heavy (non-hydrogen) atoms. The zero-order valence-corrected chi connectivity index (χ0v) is 20.2. The van der Waals surface area contributed by atoms with E-state index in [1.54, 1.807) is 17.3 Å². The van der Waals surface area contributed by atoms with Gasteiger partial charge in [-0.05, 0) is 38.5 Å². The van der Waals surface area contributed by atoms with Gasteiger partial charge in [0.15, 0.2) is 0 Å². The zero-order valence-electron chi connectivity index (χ0n) is 18.5. The number of sulfonamides is 1. The van der Waals surface area contributed by atoms with Gasteiger partial charge in [-0.3, -0.25) is 0 Å². The normalized spacial score (nSPS) is 24.3. The fourth-order valence-electron chi connectivity index (χ4n) is 3.88. The second-order valence-corrected chi connectivity index (χ2v) is 11.6. The van der Waals surface area contributed by atoms with E-state index in [4.69, 9.17) is 9.47 Å². The number of thiol groups is 1. The van der Waals surface area contributed by atoms with Gasteiger partial charge in [0, 0.05) is 32.7 Å². The number of nitrogens with zero attached hydrogens (tertiary/aromatic N) is 5. The Morgan fingerprint density at radius 1 is 1.19 bits per heavy atom. The lowest BCUT2D eigenvalue weighted by atomic mass is 9.98. The predicted molar refractivity (Wildman–Crippen MR) is 122 cm³/mol. The number of rotatable bonds is 6. The number of anilines is 1. The molecular formula is C20H31N5O5S2. The number of hydrogen-bond acceptors (Lipinski definition) is 9. The van der Waals surface area contributed by atoms with E-state index in [-0.39, 0.29) is 17.1 Å². The van der Waals surface area contributed by atoms with Crippen LogP contribution >= 0.6 is 12.6 Å². The molecule has 3 fully saturated rings.